The van der Waals surface area contributed by atoms with E-state index in [1.165, 1.54) is 24.3 Å². The Bertz CT molecular complexity index is 953. The highest BCUT2D eigenvalue weighted by Crippen LogP contribution is 2.12. The minimum Gasteiger partial charge on any atom is -0.508 e. The Labute approximate surface area is 199 Å². The molecule has 1 aromatic rings. The van der Waals surface area contributed by atoms with E-state index in [4.69, 9.17) is 27.4 Å². The Morgan fingerprint density at radius 2 is 1.26 bits per heavy atom. The summed E-state index contributed by atoms with van der Waals surface area (Å²) >= 11 is 0. The van der Waals surface area contributed by atoms with Gasteiger partial charge in [0.05, 0.1) is 25.5 Å². The number of aliphatic carboxylic acids is 1. The Kier molecular flexibility index (Phi) is 11.1. The van der Waals surface area contributed by atoms with E-state index in [0.29, 0.717) is 5.56 Å². The Morgan fingerprint density at radius 3 is 1.74 bits per heavy atom. The zero-order valence-electron chi connectivity index (χ0n) is 18.5. The number of phenolic OH excluding ortho intramolecular Hbond substituents is 1. The molecule has 0 saturated carbocycles. The first-order valence-electron chi connectivity index (χ1n) is 10.2. The lowest BCUT2D eigenvalue weighted by Gasteiger charge is -2.24. The molecule has 5 amide bonds. The summed E-state index contributed by atoms with van der Waals surface area (Å²) in [6.07, 6.45) is -1.40. The molecule has 4 atom stereocenters. The van der Waals surface area contributed by atoms with Crippen molar-refractivity contribution in [2.24, 2.45) is 17.2 Å². The number of amides is 5. The van der Waals surface area contributed by atoms with Crippen LogP contribution in [0.15, 0.2) is 24.3 Å². The van der Waals surface area contributed by atoms with Gasteiger partial charge in [0, 0.05) is 6.42 Å². The first-order chi connectivity index (χ1) is 16.3. The number of carboxylic acid groups (broad SMARTS) is 1. The van der Waals surface area contributed by atoms with Crippen molar-refractivity contribution in [2.75, 3.05) is 6.61 Å². The maximum atomic E-state index is 13.0. The maximum absolute atomic E-state index is 13.0. The molecule has 0 fully saturated rings. The zero-order chi connectivity index (χ0) is 26.7. The van der Waals surface area contributed by atoms with E-state index in [-0.39, 0.29) is 12.2 Å². The molecule has 0 aliphatic rings. The average molecular weight is 496 g/mol. The van der Waals surface area contributed by atoms with Gasteiger partial charge in [0.15, 0.2) is 0 Å². The minimum atomic E-state index is -1.71. The van der Waals surface area contributed by atoms with Gasteiger partial charge in [-0.3, -0.25) is 24.0 Å². The van der Waals surface area contributed by atoms with Gasteiger partial charge in [-0.25, -0.2) is 4.79 Å². The second-order valence-corrected chi connectivity index (χ2v) is 7.52. The highest BCUT2D eigenvalue weighted by atomic mass is 16.4. The fourth-order valence-electron chi connectivity index (χ4n) is 2.81. The van der Waals surface area contributed by atoms with Crippen LogP contribution in [0, 0.1) is 0 Å². The second-order valence-electron chi connectivity index (χ2n) is 7.52. The molecule has 15 heteroatoms. The van der Waals surface area contributed by atoms with E-state index >= 15 is 0 Å². The number of hydrogen-bond donors (Lipinski definition) is 9. The Morgan fingerprint density at radius 1 is 0.771 bits per heavy atom. The third kappa shape index (κ3) is 10.1. The van der Waals surface area contributed by atoms with Gasteiger partial charge >= 0.3 is 5.97 Å². The molecule has 0 spiro atoms. The van der Waals surface area contributed by atoms with Gasteiger partial charge in [-0.2, -0.15) is 0 Å². The normalized spacial score (nSPS) is 14.0. The minimum absolute atomic E-state index is 0.0580. The van der Waals surface area contributed by atoms with Crippen molar-refractivity contribution in [1.82, 2.24) is 16.0 Å². The van der Waals surface area contributed by atoms with Crippen LogP contribution in [-0.2, 0) is 35.2 Å². The van der Waals surface area contributed by atoms with Crippen molar-refractivity contribution in [3.05, 3.63) is 29.8 Å². The number of nitrogens with two attached hydrogens (primary N) is 3. The number of benzene rings is 1. The number of aromatic hydroxyl groups is 1. The predicted octanol–water partition coefficient (Wildman–Crippen LogP) is -4.46. The van der Waals surface area contributed by atoms with E-state index in [1.54, 1.807) is 0 Å². The molecule has 35 heavy (non-hydrogen) atoms. The molecular formula is C20H28N6O9. The predicted molar refractivity (Wildman–Crippen MR) is 118 cm³/mol. The van der Waals surface area contributed by atoms with Crippen molar-refractivity contribution in [1.29, 1.82) is 0 Å². The number of nitrogens with one attached hydrogen (secondary N) is 3. The van der Waals surface area contributed by atoms with Gasteiger partial charge in [-0.1, -0.05) is 12.1 Å². The van der Waals surface area contributed by atoms with Gasteiger partial charge in [-0.05, 0) is 17.7 Å². The smallest absolute Gasteiger partial charge is 0.328 e. The molecule has 0 radical (unpaired) electrons. The maximum Gasteiger partial charge on any atom is 0.328 e. The Balaban J connectivity index is 3.13. The summed E-state index contributed by atoms with van der Waals surface area (Å²) in [5.41, 5.74) is 16.2. The van der Waals surface area contributed by atoms with Gasteiger partial charge in [0.1, 0.15) is 23.9 Å². The highest BCUT2D eigenvalue weighted by molar-refractivity contribution is 5.96. The summed E-state index contributed by atoms with van der Waals surface area (Å²) in [7, 11) is 0. The largest absolute Gasteiger partial charge is 0.508 e. The SMILES string of the molecule is NC(=O)CC(N)C(=O)NC(Cc1ccc(O)cc1)C(=O)NC(CC(N)=O)C(=O)NC(CO)C(=O)O. The first-order valence-corrected chi connectivity index (χ1v) is 10.2. The monoisotopic (exact) mass is 496 g/mol. The van der Waals surface area contributed by atoms with Crippen molar-refractivity contribution in [3.63, 3.8) is 0 Å². The topological polar surface area (TPSA) is 277 Å². The van der Waals surface area contributed by atoms with Crippen LogP contribution in [0.25, 0.3) is 0 Å². The summed E-state index contributed by atoms with van der Waals surface area (Å²) < 4.78 is 0. The summed E-state index contributed by atoms with van der Waals surface area (Å²) in [5.74, 6) is -6.51. The number of carbonyl (C=O) groups is 6. The van der Waals surface area contributed by atoms with E-state index < -0.39 is 79.1 Å². The van der Waals surface area contributed by atoms with Crippen LogP contribution in [0.3, 0.4) is 0 Å². The lowest BCUT2D eigenvalue weighted by molar-refractivity contribution is -0.143. The first kappa shape index (κ1) is 28.8. The molecule has 1 rings (SSSR count). The standard InChI is InChI=1S/C20H28N6O9/c21-11(6-15(22)29)17(31)24-12(5-9-1-3-10(28)4-2-9)18(32)25-13(7-16(23)30)19(33)26-14(8-27)20(34)35/h1-4,11-14,27-28H,5-8,21H2,(H2,22,29)(H2,23,30)(H,24,31)(H,25,32)(H,26,33)(H,34,35). The number of carbonyl (C=O) groups excluding carboxylic acids is 5. The molecule has 0 saturated heterocycles. The molecule has 0 aromatic heterocycles. The van der Waals surface area contributed by atoms with E-state index in [9.17, 15) is 33.9 Å². The lowest BCUT2D eigenvalue weighted by Crippen LogP contribution is -2.58. The van der Waals surface area contributed by atoms with Crippen molar-refractivity contribution in [2.45, 2.75) is 43.4 Å². The molecule has 1 aromatic carbocycles. The van der Waals surface area contributed by atoms with Crippen LogP contribution in [-0.4, -0.2) is 81.6 Å². The van der Waals surface area contributed by atoms with E-state index in [2.05, 4.69) is 10.6 Å². The average Bonchev–Trinajstić information content (AvgIpc) is 2.76. The van der Waals surface area contributed by atoms with Crippen LogP contribution < -0.4 is 33.2 Å². The number of aliphatic hydroxyl groups excluding tert-OH is 1. The van der Waals surface area contributed by atoms with Gasteiger partial charge in [-0.15, -0.1) is 0 Å². The van der Waals surface area contributed by atoms with Crippen LogP contribution in [0.5, 0.6) is 5.75 Å². The molecule has 0 bridgehead atoms. The van der Waals surface area contributed by atoms with Crippen LogP contribution in [0.1, 0.15) is 18.4 Å². The Hall–Kier alpha value is -4.24. The van der Waals surface area contributed by atoms with Crippen LogP contribution in [0.4, 0.5) is 0 Å². The number of primary amides is 2. The quantitative estimate of drug-likeness (QED) is 0.119. The van der Waals surface area contributed by atoms with Crippen LogP contribution >= 0.6 is 0 Å². The highest BCUT2D eigenvalue weighted by Gasteiger charge is 2.31. The second kappa shape index (κ2) is 13.5. The zero-order valence-corrected chi connectivity index (χ0v) is 18.5. The number of phenols is 1. The fourth-order valence-corrected chi connectivity index (χ4v) is 2.81. The number of carboxylic acids is 1. The molecule has 0 aliphatic carbocycles. The number of aliphatic hydroxyl groups is 1. The molecule has 15 nitrogen and oxygen atoms in total. The summed E-state index contributed by atoms with van der Waals surface area (Å²) in [6, 6.07) is -0.560. The summed E-state index contributed by atoms with van der Waals surface area (Å²) in [6.45, 7) is -0.963. The van der Waals surface area contributed by atoms with Gasteiger partial charge < -0.3 is 48.5 Å². The van der Waals surface area contributed by atoms with Gasteiger partial charge in [0.25, 0.3) is 0 Å². The molecule has 12 N–H and O–H groups in total. The van der Waals surface area contributed by atoms with Gasteiger partial charge in [0.2, 0.25) is 29.5 Å². The fraction of sp³-hybridized carbons (Fsp3) is 0.400. The molecule has 0 heterocycles. The van der Waals surface area contributed by atoms with Crippen molar-refractivity contribution in [3.8, 4) is 5.75 Å². The van der Waals surface area contributed by atoms with Crippen molar-refractivity contribution >= 4 is 35.5 Å². The van der Waals surface area contributed by atoms with Crippen molar-refractivity contribution < 1.29 is 44.1 Å². The molecule has 0 aliphatic heterocycles. The van der Waals surface area contributed by atoms with E-state index in [0.717, 1.165) is 0 Å². The summed E-state index contributed by atoms with van der Waals surface area (Å²) in [4.78, 5) is 71.4. The molecule has 4 unspecified atom stereocenters. The summed E-state index contributed by atoms with van der Waals surface area (Å²) in [5, 5.41) is 34.0. The number of rotatable bonds is 14. The molecular weight excluding hydrogens is 468 g/mol. The lowest BCUT2D eigenvalue weighted by atomic mass is 10.0. The van der Waals surface area contributed by atoms with E-state index in [1.807, 2.05) is 5.32 Å². The third-order valence-electron chi connectivity index (χ3n) is 4.60. The number of hydrogen-bond acceptors (Lipinski definition) is 9. The van der Waals surface area contributed by atoms with Crippen LogP contribution in [0.2, 0.25) is 0 Å². The third-order valence-corrected chi connectivity index (χ3v) is 4.60. The molecule has 192 valence electrons.